The van der Waals surface area contributed by atoms with E-state index < -0.39 is 0 Å². The summed E-state index contributed by atoms with van der Waals surface area (Å²) in [5.41, 5.74) is 3.58. The third-order valence-corrected chi connectivity index (χ3v) is 4.15. The van der Waals surface area contributed by atoms with E-state index in [2.05, 4.69) is 29.6 Å². The molecule has 20 heavy (non-hydrogen) atoms. The molecule has 104 valence electrons. The Hall–Kier alpha value is -1.87. The topological polar surface area (TPSA) is 32.3 Å². The molecule has 1 aliphatic carbocycles. The minimum absolute atomic E-state index is 0.107. The second-order valence-electron chi connectivity index (χ2n) is 5.44. The lowest BCUT2D eigenvalue weighted by Gasteiger charge is -2.18. The average molecular weight is 268 g/mol. The van der Waals surface area contributed by atoms with Gasteiger partial charge in [-0.1, -0.05) is 24.3 Å². The van der Waals surface area contributed by atoms with Gasteiger partial charge in [-0.2, -0.15) is 0 Å². The minimum Gasteiger partial charge on any atom is -0.340 e. The summed E-state index contributed by atoms with van der Waals surface area (Å²) in [7, 11) is 3.76. The summed E-state index contributed by atoms with van der Waals surface area (Å²) in [6.07, 6.45) is 2.19. The fourth-order valence-corrected chi connectivity index (χ4v) is 3.02. The summed E-state index contributed by atoms with van der Waals surface area (Å²) >= 11 is 0. The van der Waals surface area contributed by atoms with Gasteiger partial charge in [0, 0.05) is 25.7 Å². The predicted octanol–water partition coefficient (Wildman–Crippen LogP) is 2.23. The molecule has 0 aliphatic heterocycles. The fraction of sp³-hybridized carbons (Fsp3) is 0.353. The first-order valence-electron chi connectivity index (χ1n) is 7.16. The lowest BCUT2D eigenvalue weighted by molar-refractivity contribution is 0.0799. The average Bonchev–Trinajstić information content (AvgIpc) is 2.90. The van der Waals surface area contributed by atoms with Gasteiger partial charge < -0.3 is 10.2 Å². The van der Waals surface area contributed by atoms with Crippen molar-refractivity contribution in [1.29, 1.82) is 0 Å². The summed E-state index contributed by atoms with van der Waals surface area (Å²) in [6, 6.07) is 10.4. The van der Waals surface area contributed by atoms with E-state index in [0.717, 1.165) is 36.9 Å². The van der Waals surface area contributed by atoms with Crippen LogP contribution < -0.4 is 5.32 Å². The number of carbonyl (C=O) groups excluding carboxylic acids is 1. The largest absolute Gasteiger partial charge is 0.340 e. The van der Waals surface area contributed by atoms with Gasteiger partial charge in [0.15, 0.2) is 0 Å². The fourth-order valence-electron chi connectivity index (χ4n) is 3.02. The van der Waals surface area contributed by atoms with Gasteiger partial charge in [-0.05, 0) is 47.9 Å². The Balaban J connectivity index is 2.03. The van der Waals surface area contributed by atoms with Crippen molar-refractivity contribution in [1.82, 2.24) is 10.2 Å². The van der Waals surface area contributed by atoms with Gasteiger partial charge >= 0.3 is 0 Å². The Bertz CT molecular complexity index is 653. The molecule has 0 unspecified atom stereocenters. The van der Waals surface area contributed by atoms with Crippen LogP contribution in [0.3, 0.4) is 0 Å². The van der Waals surface area contributed by atoms with Gasteiger partial charge in [-0.3, -0.25) is 4.79 Å². The third kappa shape index (κ3) is 2.08. The van der Waals surface area contributed by atoms with Gasteiger partial charge in [0.2, 0.25) is 0 Å². The zero-order valence-corrected chi connectivity index (χ0v) is 12.1. The summed E-state index contributed by atoms with van der Waals surface area (Å²) in [6.45, 7) is 1.53. The highest BCUT2D eigenvalue weighted by molar-refractivity contribution is 6.09. The monoisotopic (exact) mass is 268 g/mol. The Morgan fingerprint density at radius 3 is 2.70 bits per heavy atom. The zero-order chi connectivity index (χ0) is 14.1. The number of aryl methyl sites for hydroxylation is 2. The second kappa shape index (κ2) is 5.25. The molecule has 1 N–H and O–H groups in total. The molecular formula is C17H20N2O. The molecule has 0 aromatic heterocycles. The number of amides is 1. The van der Waals surface area contributed by atoms with E-state index in [-0.39, 0.29) is 5.91 Å². The first-order valence-corrected chi connectivity index (χ1v) is 7.16. The highest BCUT2D eigenvalue weighted by Crippen LogP contribution is 2.33. The van der Waals surface area contributed by atoms with Crippen LogP contribution in [0.5, 0.6) is 0 Å². The quantitative estimate of drug-likeness (QED) is 0.922. The van der Waals surface area contributed by atoms with Crippen LogP contribution in [0.15, 0.2) is 30.3 Å². The number of benzene rings is 2. The maximum absolute atomic E-state index is 12.6. The van der Waals surface area contributed by atoms with Crippen molar-refractivity contribution >= 4 is 16.7 Å². The van der Waals surface area contributed by atoms with Gasteiger partial charge in [0.25, 0.3) is 5.91 Å². The molecular weight excluding hydrogens is 248 g/mol. The SMILES string of the molecule is CNCCN(C)C(=O)c1ccc2c3c(cccc13)CC2. The van der Waals surface area contributed by atoms with Crippen LogP contribution in [0.1, 0.15) is 21.5 Å². The van der Waals surface area contributed by atoms with Gasteiger partial charge in [-0.25, -0.2) is 0 Å². The smallest absolute Gasteiger partial charge is 0.254 e. The first kappa shape index (κ1) is 13.1. The van der Waals surface area contributed by atoms with Crippen molar-refractivity contribution in [2.75, 3.05) is 27.2 Å². The lowest BCUT2D eigenvalue weighted by Crippen LogP contribution is -2.32. The van der Waals surface area contributed by atoms with Crippen molar-refractivity contribution in [3.05, 3.63) is 47.0 Å². The van der Waals surface area contributed by atoms with E-state index in [4.69, 9.17) is 0 Å². The predicted molar refractivity (Wildman–Crippen MR) is 82.2 cm³/mol. The molecule has 0 spiro atoms. The van der Waals surface area contributed by atoms with E-state index in [1.807, 2.05) is 20.2 Å². The number of hydrogen-bond donors (Lipinski definition) is 1. The zero-order valence-electron chi connectivity index (χ0n) is 12.1. The van der Waals surface area contributed by atoms with Gasteiger partial charge in [0.1, 0.15) is 0 Å². The molecule has 0 bridgehead atoms. The van der Waals surface area contributed by atoms with Crippen molar-refractivity contribution in [3.63, 3.8) is 0 Å². The van der Waals surface area contributed by atoms with E-state index in [9.17, 15) is 4.79 Å². The third-order valence-electron chi connectivity index (χ3n) is 4.15. The number of rotatable bonds is 4. The molecule has 1 amide bonds. The number of carbonyl (C=O) groups is 1. The van der Waals surface area contributed by atoms with Crippen LogP contribution in [0.4, 0.5) is 0 Å². The second-order valence-corrected chi connectivity index (χ2v) is 5.44. The molecule has 2 aromatic carbocycles. The van der Waals surface area contributed by atoms with Crippen molar-refractivity contribution in [3.8, 4) is 0 Å². The Kier molecular flexibility index (Phi) is 3.45. The van der Waals surface area contributed by atoms with Crippen molar-refractivity contribution < 1.29 is 4.79 Å². The number of nitrogens with zero attached hydrogens (tertiary/aromatic N) is 1. The summed E-state index contributed by atoms with van der Waals surface area (Å²) in [4.78, 5) is 14.4. The van der Waals surface area contributed by atoms with Gasteiger partial charge in [-0.15, -0.1) is 0 Å². The highest BCUT2D eigenvalue weighted by atomic mass is 16.2. The Morgan fingerprint density at radius 1 is 1.20 bits per heavy atom. The van der Waals surface area contributed by atoms with Crippen molar-refractivity contribution in [2.45, 2.75) is 12.8 Å². The highest BCUT2D eigenvalue weighted by Gasteiger charge is 2.20. The molecule has 0 atom stereocenters. The number of hydrogen-bond acceptors (Lipinski definition) is 2. The van der Waals surface area contributed by atoms with Crippen molar-refractivity contribution in [2.24, 2.45) is 0 Å². The van der Waals surface area contributed by atoms with E-state index in [1.165, 1.54) is 16.5 Å². The first-order chi connectivity index (χ1) is 9.72. The summed E-state index contributed by atoms with van der Waals surface area (Å²) in [5.74, 6) is 0.107. The molecule has 0 fully saturated rings. The Labute approximate surface area is 119 Å². The van der Waals surface area contributed by atoms with Crippen LogP contribution in [0.2, 0.25) is 0 Å². The molecule has 0 heterocycles. The standard InChI is InChI=1S/C17H20N2O/c1-18-10-11-19(2)17(20)15-9-8-13-7-6-12-4-3-5-14(15)16(12)13/h3-5,8-9,18H,6-7,10-11H2,1-2H3. The maximum Gasteiger partial charge on any atom is 0.254 e. The van der Waals surface area contributed by atoms with E-state index in [0.29, 0.717) is 0 Å². The molecule has 0 saturated heterocycles. The van der Waals surface area contributed by atoms with Crippen LogP contribution >= 0.6 is 0 Å². The molecule has 0 saturated carbocycles. The summed E-state index contributed by atoms with van der Waals surface area (Å²) in [5, 5.41) is 5.49. The minimum atomic E-state index is 0.107. The Morgan fingerprint density at radius 2 is 1.95 bits per heavy atom. The van der Waals surface area contributed by atoms with Crippen LogP contribution in [0.25, 0.3) is 10.8 Å². The molecule has 0 radical (unpaired) electrons. The van der Waals surface area contributed by atoms with Crippen LogP contribution in [-0.4, -0.2) is 38.0 Å². The molecule has 1 aliphatic rings. The lowest BCUT2D eigenvalue weighted by atomic mass is 9.99. The molecule has 2 aromatic rings. The number of nitrogens with one attached hydrogen (secondary N) is 1. The van der Waals surface area contributed by atoms with E-state index >= 15 is 0 Å². The number of likely N-dealkylation sites (N-methyl/N-ethyl adjacent to an activating group) is 2. The molecule has 3 nitrogen and oxygen atoms in total. The van der Waals surface area contributed by atoms with Gasteiger partial charge in [0.05, 0.1) is 0 Å². The normalized spacial score (nSPS) is 12.9. The van der Waals surface area contributed by atoms with Crippen LogP contribution in [0, 0.1) is 0 Å². The molecule has 3 heteroatoms. The maximum atomic E-state index is 12.6. The summed E-state index contributed by atoms with van der Waals surface area (Å²) < 4.78 is 0. The molecule has 3 rings (SSSR count). The van der Waals surface area contributed by atoms with Crippen LogP contribution in [-0.2, 0) is 12.8 Å². The van der Waals surface area contributed by atoms with E-state index in [1.54, 1.807) is 4.90 Å².